The monoisotopic (exact) mass is 358 g/mol. The molecule has 1 aromatic carbocycles. The number of carbonyl (C=O) groups is 2. The predicted molar refractivity (Wildman–Crippen MR) is 94.2 cm³/mol. The molecular weight excluding hydrogens is 336 g/mol. The number of nitrogens with zero attached hydrogens (tertiary/aromatic N) is 2. The molecule has 0 aliphatic carbocycles. The van der Waals surface area contributed by atoms with Crippen LogP contribution in [0.3, 0.4) is 0 Å². The number of hydrogen-bond donors (Lipinski definition) is 1. The fourth-order valence-corrected chi connectivity index (χ4v) is 4.17. The average molecular weight is 358 g/mol. The largest absolute Gasteiger partial charge is 0.495 e. The van der Waals surface area contributed by atoms with E-state index in [0.29, 0.717) is 26.2 Å². The van der Waals surface area contributed by atoms with Gasteiger partial charge in [0.1, 0.15) is 11.7 Å². The van der Waals surface area contributed by atoms with E-state index < -0.39 is 30.0 Å². The number of ether oxygens (including phenoxy) is 2. The van der Waals surface area contributed by atoms with E-state index in [1.807, 2.05) is 30.3 Å². The van der Waals surface area contributed by atoms with Gasteiger partial charge in [-0.2, -0.15) is 0 Å². The highest BCUT2D eigenvalue weighted by Gasteiger charge is 2.54. The lowest BCUT2D eigenvalue weighted by atomic mass is 9.82. The van der Waals surface area contributed by atoms with Crippen LogP contribution < -0.4 is 9.64 Å². The number of methoxy groups -OCH3 is 1. The fraction of sp³-hybridized carbons (Fsp3) is 0.474. The Kier molecular flexibility index (Phi) is 4.32. The molecule has 1 N–H and O–H groups in total. The van der Waals surface area contributed by atoms with E-state index >= 15 is 0 Å². The van der Waals surface area contributed by atoms with E-state index in [1.54, 1.807) is 18.1 Å². The third-order valence-corrected chi connectivity index (χ3v) is 5.49. The average Bonchev–Trinajstić information content (AvgIpc) is 3.29. The summed E-state index contributed by atoms with van der Waals surface area (Å²) < 4.78 is 11.0. The van der Waals surface area contributed by atoms with Gasteiger partial charge in [0.15, 0.2) is 0 Å². The third-order valence-electron chi connectivity index (χ3n) is 5.49. The van der Waals surface area contributed by atoms with Crippen LogP contribution in [-0.2, 0) is 14.3 Å². The minimum Gasteiger partial charge on any atom is -0.495 e. The number of anilines is 1. The molecule has 1 amide bonds. The Bertz CT molecular complexity index is 741. The van der Waals surface area contributed by atoms with Gasteiger partial charge in [0.25, 0.3) is 0 Å². The lowest BCUT2D eigenvalue weighted by Gasteiger charge is -2.38. The normalized spacial score (nSPS) is 29.9. The molecule has 2 bridgehead atoms. The summed E-state index contributed by atoms with van der Waals surface area (Å²) in [5.74, 6) is -1.68. The first kappa shape index (κ1) is 16.9. The van der Waals surface area contributed by atoms with Crippen molar-refractivity contribution < 1.29 is 24.2 Å². The summed E-state index contributed by atoms with van der Waals surface area (Å²) in [4.78, 5) is 28.5. The molecule has 3 aliphatic rings. The van der Waals surface area contributed by atoms with Crippen molar-refractivity contribution in [1.82, 2.24) is 4.90 Å². The highest BCUT2D eigenvalue weighted by Crippen LogP contribution is 2.40. The van der Waals surface area contributed by atoms with Gasteiger partial charge in [-0.3, -0.25) is 9.59 Å². The van der Waals surface area contributed by atoms with E-state index in [0.717, 1.165) is 11.4 Å². The van der Waals surface area contributed by atoms with E-state index in [4.69, 9.17) is 9.47 Å². The van der Waals surface area contributed by atoms with Crippen molar-refractivity contribution in [1.29, 1.82) is 0 Å². The van der Waals surface area contributed by atoms with E-state index in [1.165, 1.54) is 0 Å². The quantitative estimate of drug-likeness (QED) is 0.809. The summed E-state index contributed by atoms with van der Waals surface area (Å²) >= 11 is 0. The molecule has 2 saturated heterocycles. The highest BCUT2D eigenvalue weighted by molar-refractivity contribution is 5.87. The molecule has 2 fully saturated rings. The molecule has 4 rings (SSSR count). The van der Waals surface area contributed by atoms with Gasteiger partial charge in [0, 0.05) is 26.2 Å². The van der Waals surface area contributed by atoms with E-state index in [9.17, 15) is 14.7 Å². The van der Waals surface area contributed by atoms with Crippen LogP contribution in [0.15, 0.2) is 36.4 Å². The second-order valence-electron chi connectivity index (χ2n) is 6.82. The molecule has 3 heterocycles. The van der Waals surface area contributed by atoms with Crippen LogP contribution in [0.2, 0.25) is 0 Å². The van der Waals surface area contributed by atoms with Gasteiger partial charge in [-0.15, -0.1) is 0 Å². The Morgan fingerprint density at radius 1 is 1.08 bits per heavy atom. The van der Waals surface area contributed by atoms with Crippen LogP contribution in [0.4, 0.5) is 5.69 Å². The van der Waals surface area contributed by atoms with Crippen molar-refractivity contribution in [2.45, 2.75) is 12.2 Å². The summed E-state index contributed by atoms with van der Waals surface area (Å²) in [6, 6.07) is 7.82. The maximum absolute atomic E-state index is 13.0. The van der Waals surface area contributed by atoms with Crippen LogP contribution in [-0.4, -0.2) is 67.4 Å². The molecule has 7 heteroatoms. The minimum atomic E-state index is -0.965. The van der Waals surface area contributed by atoms with Gasteiger partial charge in [-0.05, 0) is 12.1 Å². The Morgan fingerprint density at radius 3 is 2.38 bits per heavy atom. The molecule has 4 atom stereocenters. The number of carboxylic acid groups (broad SMARTS) is 1. The van der Waals surface area contributed by atoms with Crippen LogP contribution >= 0.6 is 0 Å². The molecule has 1 aromatic rings. The summed E-state index contributed by atoms with van der Waals surface area (Å²) in [5, 5.41) is 9.49. The number of carbonyl (C=O) groups excluding carboxylic acids is 1. The number of aliphatic carboxylic acids is 1. The van der Waals surface area contributed by atoms with Crippen LogP contribution in [0.1, 0.15) is 0 Å². The third kappa shape index (κ3) is 2.72. The Labute approximate surface area is 151 Å². The first-order valence-corrected chi connectivity index (χ1v) is 8.83. The second kappa shape index (κ2) is 6.64. The van der Waals surface area contributed by atoms with Crippen LogP contribution in [0, 0.1) is 11.8 Å². The van der Waals surface area contributed by atoms with Gasteiger partial charge in [0.05, 0.1) is 30.9 Å². The number of benzene rings is 1. The Morgan fingerprint density at radius 2 is 1.73 bits per heavy atom. The Hall–Kier alpha value is -2.54. The van der Waals surface area contributed by atoms with E-state index in [2.05, 4.69) is 4.90 Å². The number of carboxylic acids is 1. The predicted octanol–water partition coefficient (Wildman–Crippen LogP) is 0.998. The lowest BCUT2D eigenvalue weighted by Crippen LogP contribution is -2.53. The number of hydrogen-bond acceptors (Lipinski definition) is 5. The van der Waals surface area contributed by atoms with Crippen molar-refractivity contribution in [2.75, 3.05) is 38.2 Å². The summed E-state index contributed by atoms with van der Waals surface area (Å²) in [6.45, 7) is 2.48. The highest BCUT2D eigenvalue weighted by atomic mass is 16.5. The zero-order chi connectivity index (χ0) is 18.3. The number of amides is 1. The smallest absolute Gasteiger partial charge is 0.310 e. The van der Waals surface area contributed by atoms with Crippen LogP contribution in [0.5, 0.6) is 5.75 Å². The summed E-state index contributed by atoms with van der Waals surface area (Å²) in [5.41, 5.74) is 1.01. The molecule has 0 saturated carbocycles. The number of fused-ring (bicyclic) bond motifs is 2. The standard InChI is InChI=1S/C19H22N2O5/c1-25-13-5-3-2-4-12(13)20-8-10-21(11-9-20)18(22)16-14-6-7-15(26-14)17(16)19(23)24/h2-7,14-17H,8-11H2,1H3,(H,23,24)/t14-,15+,16-,17+/m1/s1. The zero-order valence-corrected chi connectivity index (χ0v) is 14.6. The van der Waals surface area contributed by atoms with Gasteiger partial charge in [0.2, 0.25) is 5.91 Å². The maximum atomic E-state index is 13.0. The van der Waals surface area contributed by atoms with Crippen molar-refractivity contribution in [3.05, 3.63) is 36.4 Å². The molecule has 26 heavy (non-hydrogen) atoms. The summed E-state index contributed by atoms with van der Waals surface area (Å²) in [6.07, 6.45) is 2.67. The molecule has 0 radical (unpaired) electrons. The van der Waals surface area contributed by atoms with Crippen LogP contribution in [0.25, 0.3) is 0 Å². The lowest BCUT2D eigenvalue weighted by molar-refractivity contribution is -0.149. The fourth-order valence-electron chi connectivity index (χ4n) is 4.17. The number of rotatable bonds is 4. The van der Waals surface area contributed by atoms with Crippen molar-refractivity contribution in [3.63, 3.8) is 0 Å². The van der Waals surface area contributed by atoms with Gasteiger partial charge in [-0.25, -0.2) is 0 Å². The van der Waals surface area contributed by atoms with Gasteiger partial charge < -0.3 is 24.4 Å². The molecule has 0 aromatic heterocycles. The van der Waals surface area contributed by atoms with Gasteiger partial charge in [-0.1, -0.05) is 24.3 Å². The molecule has 7 nitrogen and oxygen atoms in total. The maximum Gasteiger partial charge on any atom is 0.310 e. The van der Waals surface area contributed by atoms with E-state index in [-0.39, 0.29) is 5.91 Å². The number of piperazine rings is 1. The van der Waals surface area contributed by atoms with Crippen molar-refractivity contribution >= 4 is 17.6 Å². The molecule has 0 unspecified atom stereocenters. The Balaban J connectivity index is 1.44. The van der Waals surface area contributed by atoms with Gasteiger partial charge >= 0.3 is 5.97 Å². The minimum absolute atomic E-state index is 0.117. The first-order valence-electron chi connectivity index (χ1n) is 8.83. The molecule has 138 valence electrons. The molecule has 0 spiro atoms. The summed E-state index contributed by atoms with van der Waals surface area (Å²) in [7, 11) is 1.65. The number of para-hydroxylation sites is 2. The topological polar surface area (TPSA) is 79.3 Å². The zero-order valence-electron chi connectivity index (χ0n) is 14.6. The molecule has 3 aliphatic heterocycles. The van der Waals surface area contributed by atoms with Crippen molar-refractivity contribution in [2.24, 2.45) is 11.8 Å². The SMILES string of the molecule is COc1ccccc1N1CCN(C(=O)[C@H]2[C@@H](C(=O)O)[C@@H]3C=C[C@H]2O3)CC1. The molecular formula is C19H22N2O5. The first-order chi connectivity index (χ1) is 12.6. The second-order valence-corrected chi connectivity index (χ2v) is 6.82. The van der Waals surface area contributed by atoms with Crippen molar-refractivity contribution in [3.8, 4) is 5.75 Å².